The van der Waals surface area contributed by atoms with Crippen LogP contribution in [-0.4, -0.2) is 49.6 Å². The first-order valence-electron chi connectivity index (χ1n) is 4.49. The fourth-order valence-electron chi connectivity index (χ4n) is 1.21. The largest absolute Gasteiger partial charge is 0.375 e. The summed E-state index contributed by atoms with van der Waals surface area (Å²) in [4.78, 5) is 12.8. The summed E-state index contributed by atoms with van der Waals surface area (Å²) in [5.74, 6) is -0.0824. The average Bonchev–Trinajstić information content (AvgIpc) is 2.06. The Balaban J connectivity index is 1.99. The lowest BCUT2D eigenvalue weighted by Gasteiger charge is -2.36. The summed E-state index contributed by atoms with van der Waals surface area (Å²) in [6.07, 6.45) is -2.32. The molecule has 2 N–H and O–H groups in total. The molecule has 6 heteroatoms. The van der Waals surface area contributed by atoms with Crippen LogP contribution in [0.15, 0.2) is 0 Å². The summed E-state index contributed by atoms with van der Waals surface area (Å²) in [5, 5.41) is 0. The summed E-state index contributed by atoms with van der Waals surface area (Å²) in [7, 11) is 0. The molecule has 0 aromatic carbocycles. The van der Waals surface area contributed by atoms with Crippen LogP contribution < -0.4 is 5.73 Å². The highest BCUT2D eigenvalue weighted by Gasteiger charge is 2.26. The van der Waals surface area contributed by atoms with Gasteiger partial charge in [0.15, 0.2) is 0 Å². The number of ether oxygens (including phenoxy) is 1. The highest BCUT2D eigenvalue weighted by Crippen LogP contribution is 2.07. The van der Waals surface area contributed by atoms with Gasteiger partial charge < -0.3 is 15.4 Å². The maximum Gasteiger partial charge on any atom is 0.261 e. The number of rotatable bonds is 5. The third kappa shape index (κ3) is 3.55. The van der Waals surface area contributed by atoms with Gasteiger partial charge in [0.1, 0.15) is 6.61 Å². The van der Waals surface area contributed by atoms with Crippen LogP contribution in [-0.2, 0) is 9.53 Å². The molecule has 1 rings (SSSR count). The van der Waals surface area contributed by atoms with Crippen molar-refractivity contribution in [2.45, 2.75) is 18.9 Å². The van der Waals surface area contributed by atoms with Gasteiger partial charge in [-0.3, -0.25) is 4.79 Å². The molecule has 14 heavy (non-hydrogen) atoms. The molecule has 1 fully saturated rings. The normalized spacial score (nSPS) is 17.3. The zero-order chi connectivity index (χ0) is 10.6. The maximum atomic E-state index is 11.6. The number of nitrogens with two attached hydrogens (primary N) is 1. The van der Waals surface area contributed by atoms with Crippen molar-refractivity contribution >= 4 is 5.91 Å². The van der Waals surface area contributed by atoms with Crippen LogP contribution in [0.4, 0.5) is 8.78 Å². The van der Waals surface area contributed by atoms with E-state index in [2.05, 4.69) is 4.74 Å². The zero-order valence-corrected chi connectivity index (χ0v) is 7.79. The average molecular weight is 208 g/mol. The molecule has 1 heterocycles. The van der Waals surface area contributed by atoms with E-state index in [0.29, 0.717) is 13.1 Å². The van der Waals surface area contributed by atoms with E-state index in [4.69, 9.17) is 5.73 Å². The van der Waals surface area contributed by atoms with E-state index in [0.717, 1.165) is 0 Å². The summed E-state index contributed by atoms with van der Waals surface area (Å²) in [6, 6.07) is 0.0703. The molecule has 0 bridgehead atoms. The fraction of sp³-hybridized carbons (Fsp3) is 0.875. The van der Waals surface area contributed by atoms with Crippen molar-refractivity contribution in [1.82, 2.24) is 4.90 Å². The predicted octanol–water partition coefficient (Wildman–Crippen LogP) is -0.172. The van der Waals surface area contributed by atoms with E-state index in [1.807, 2.05) is 0 Å². The second-order valence-electron chi connectivity index (χ2n) is 3.27. The SMILES string of the molecule is NC1CN(C(=O)CCOCC(F)F)C1. The minimum absolute atomic E-state index is 0.0505. The smallest absolute Gasteiger partial charge is 0.261 e. The van der Waals surface area contributed by atoms with Gasteiger partial charge in [0.05, 0.1) is 13.0 Å². The Morgan fingerprint density at radius 2 is 2.21 bits per heavy atom. The standard InChI is InChI=1S/C8H14F2N2O2/c9-7(10)5-14-2-1-8(13)12-3-6(11)4-12/h6-7H,1-5,11H2. The van der Waals surface area contributed by atoms with Gasteiger partial charge in [0.2, 0.25) is 5.91 Å². The molecule has 82 valence electrons. The van der Waals surface area contributed by atoms with Crippen LogP contribution in [0.3, 0.4) is 0 Å². The Kier molecular flexibility index (Phi) is 4.21. The molecule has 0 aromatic heterocycles. The van der Waals surface area contributed by atoms with Crippen LogP contribution in [0.2, 0.25) is 0 Å². The van der Waals surface area contributed by atoms with Crippen LogP contribution in [0.5, 0.6) is 0 Å². The summed E-state index contributed by atoms with van der Waals surface area (Å²) < 4.78 is 27.8. The van der Waals surface area contributed by atoms with Gasteiger partial charge >= 0.3 is 0 Å². The molecule has 0 atom stereocenters. The molecule has 0 unspecified atom stereocenters. The molecule has 4 nitrogen and oxygen atoms in total. The topological polar surface area (TPSA) is 55.6 Å². The second kappa shape index (κ2) is 5.21. The number of nitrogens with zero attached hydrogens (tertiary/aromatic N) is 1. The summed E-state index contributed by atoms with van der Waals surface area (Å²) in [5.41, 5.74) is 5.48. The number of halogens is 2. The monoisotopic (exact) mass is 208 g/mol. The highest BCUT2D eigenvalue weighted by atomic mass is 19.3. The van der Waals surface area contributed by atoms with E-state index in [1.54, 1.807) is 4.90 Å². The number of likely N-dealkylation sites (tertiary alicyclic amines) is 1. The highest BCUT2D eigenvalue weighted by molar-refractivity contribution is 5.77. The van der Waals surface area contributed by atoms with E-state index in [9.17, 15) is 13.6 Å². The summed E-state index contributed by atoms with van der Waals surface area (Å²) >= 11 is 0. The van der Waals surface area contributed by atoms with Gasteiger partial charge in [-0.2, -0.15) is 0 Å². The molecule has 0 aromatic rings. The van der Waals surface area contributed by atoms with Gasteiger partial charge in [0, 0.05) is 19.1 Å². The molecule has 0 saturated carbocycles. The van der Waals surface area contributed by atoms with Crippen LogP contribution in [0.1, 0.15) is 6.42 Å². The lowest BCUT2D eigenvalue weighted by Crippen LogP contribution is -2.57. The van der Waals surface area contributed by atoms with Crippen molar-refractivity contribution in [2.24, 2.45) is 5.73 Å². The molecule has 1 amide bonds. The van der Waals surface area contributed by atoms with Crippen LogP contribution in [0, 0.1) is 0 Å². The van der Waals surface area contributed by atoms with Crippen molar-refractivity contribution in [2.75, 3.05) is 26.3 Å². The molecule has 1 aliphatic rings. The Hall–Kier alpha value is -0.750. The number of hydrogen-bond acceptors (Lipinski definition) is 3. The van der Waals surface area contributed by atoms with E-state index in [-0.39, 0.29) is 25.0 Å². The predicted molar refractivity (Wildman–Crippen MR) is 46.0 cm³/mol. The first-order chi connectivity index (χ1) is 6.59. The molecular formula is C8H14F2N2O2. The molecule has 0 aliphatic carbocycles. The third-order valence-corrected chi connectivity index (χ3v) is 1.97. The van der Waals surface area contributed by atoms with Gasteiger partial charge in [-0.05, 0) is 0 Å². The summed E-state index contributed by atoms with van der Waals surface area (Å²) in [6.45, 7) is 0.572. The van der Waals surface area contributed by atoms with Crippen molar-refractivity contribution in [3.63, 3.8) is 0 Å². The van der Waals surface area contributed by atoms with Gasteiger partial charge in [-0.25, -0.2) is 8.78 Å². The first kappa shape index (κ1) is 11.3. The Morgan fingerprint density at radius 3 is 2.71 bits per heavy atom. The lowest BCUT2D eigenvalue weighted by molar-refractivity contribution is -0.137. The second-order valence-corrected chi connectivity index (χ2v) is 3.27. The molecular weight excluding hydrogens is 194 g/mol. The Labute approximate surface area is 81.0 Å². The Morgan fingerprint density at radius 1 is 1.57 bits per heavy atom. The minimum Gasteiger partial charge on any atom is -0.375 e. The fourth-order valence-corrected chi connectivity index (χ4v) is 1.21. The number of hydrogen-bond donors (Lipinski definition) is 1. The molecule has 0 radical (unpaired) electrons. The van der Waals surface area contributed by atoms with Crippen molar-refractivity contribution < 1.29 is 18.3 Å². The van der Waals surface area contributed by atoms with Crippen molar-refractivity contribution in [1.29, 1.82) is 0 Å². The van der Waals surface area contributed by atoms with Gasteiger partial charge in [0.25, 0.3) is 6.43 Å². The van der Waals surface area contributed by atoms with Gasteiger partial charge in [-0.1, -0.05) is 0 Å². The van der Waals surface area contributed by atoms with Crippen molar-refractivity contribution in [3.8, 4) is 0 Å². The Bertz CT molecular complexity index is 196. The van der Waals surface area contributed by atoms with Crippen LogP contribution in [0.25, 0.3) is 0 Å². The first-order valence-corrected chi connectivity index (χ1v) is 4.49. The number of carbonyl (C=O) groups is 1. The van der Waals surface area contributed by atoms with E-state index in [1.165, 1.54) is 0 Å². The third-order valence-electron chi connectivity index (χ3n) is 1.97. The lowest BCUT2D eigenvalue weighted by atomic mass is 10.1. The minimum atomic E-state index is -2.47. The zero-order valence-electron chi connectivity index (χ0n) is 7.79. The number of carbonyl (C=O) groups excluding carboxylic acids is 1. The number of alkyl halides is 2. The molecule has 1 aliphatic heterocycles. The van der Waals surface area contributed by atoms with Crippen molar-refractivity contribution in [3.05, 3.63) is 0 Å². The van der Waals surface area contributed by atoms with Gasteiger partial charge in [-0.15, -0.1) is 0 Å². The van der Waals surface area contributed by atoms with Crippen LogP contribution >= 0.6 is 0 Å². The maximum absolute atomic E-state index is 11.6. The quantitative estimate of drug-likeness (QED) is 0.638. The molecule has 1 saturated heterocycles. The number of amides is 1. The van der Waals surface area contributed by atoms with E-state index >= 15 is 0 Å². The van der Waals surface area contributed by atoms with E-state index < -0.39 is 13.0 Å². The molecule has 0 spiro atoms.